The molecule has 0 radical (unpaired) electrons. The lowest BCUT2D eigenvalue weighted by molar-refractivity contribution is 0.124. The molecule has 0 saturated carbocycles. The van der Waals surface area contributed by atoms with E-state index in [0.717, 1.165) is 28.7 Å². The highest BCUT2D eigenvalue weighted by Gasteiger charge is 2.09. The normalized spacial score (nSPS) is 11.0. The molecule has 0 aliphatic rings. The van der Waals surface area contributed by atoms with E-state index in [9.17, 15) is 0 Å². The first-order valence-electron chi connectivity index (χ1n) is 9.10. The van der Waals surface area contributed by atoms with Crippen molar-refractivity contribution in [2.75, 3.05) is 13.7 Å². The maximum atomic E-state index is 5.87. The number of hydrogen-bond acceptors (Lipinski definition) is 3. The Morgan fingerprint density at radius 2 is 1.59 bits per heavy atom. The smallest absolute Gasteiger partial charge is 0.175 e. The summed E-state index contributed by atoms with van der Waals surface area (Å²) in [5.74, 6) is 0.762. The van der Waals surface area contributed by atoms with Crippen LogP contribution in [0.4, 0.5) is 0 Å². The van der Waals surface area contributed by atoms with E-state index in [1.165, 1.54) is 16.7 Å². The van der Waals surface area contributed by atoms with Crippen LogP contribution in [0.15, 0.2) is 83.5 Å². The van der Waals surface area contributed by atoms with Crippen LogP contribution in [0.1, 0.15) is 11.1 Å². The van der Waals surface area contributed by atoms with Crippen molar-refractivity contribution in [2.24, 2.45) is 0 Å². The van der Waals surface area contributed by atoms with Crippen LogP contribution >= 0.6 is 0 Å². The molecule has 0 N–H and O–H groups in total. The third-order valence-corrected chi connectivity index (χ3v) is 4.71. The molecule has 0 amide bonds. The van der Waals surface area contributed by atoms with Crippen molar-refractivity contribution in [1.82, 2.24) is 0 Å². The lowest BCUT2D eigenvalue weighted by Crippen LogP contribution is -1.98. The minimum absolute atomic E-state index is 0.605. The quantitative estimate of drug-likeness (QED) is 0.387. The van der Waals surface area contributed by atoms with E-state index in [4.69, 9.17) is 13.9 Å². The molecule has 0 aliphatic heterocycles. The first-order valence-corrected chi connectivity index (χ1v) is 9.10. The lowest BCUT2D eigenvalue weighted by atomic mass is 10.0. The Labute approximate surface area is 159 Å². The van der Waals surface area contributed by atoms with Crippen molar-refractivity contribution >= 4 is 11.0 Å². The number of para-hydroxylation sites is 1. The van der Waals surface area contributed by atoms with Gasteiger partial charge in [-0.15, -0.1) is 0 Å². The van der Waals surface area contributed by atoms with Gasteiger partial charge in [0.05, 0.1) is 26.6 Å². The molecule has 1 aromatic heterocycles. The summed E-state index contributed by atoms with van der Waals surface area (Å²) in [4.78, 5) is 0. The predicted molar refractivity (Wildman–Crippen MR) is 108 cm³/mol. The van der Waals surface area contributed by atoms with Crippen LogP contribution in [-0.4, -0.2) is 13.7 Å². The van der Waals surface area contributed by atoms with Crippen molar-refractivity contribution in [1.29, 1.82) is 0 Å². The van der Waals surface area contributed by atoms with Crippen LogP contribution in [-0.2, 0) is 17.8 Å². The Morgan fingerprint density at radius 3 is 2.37 bits per heavy atom. The summed E-state index contributed by atoms with van der Waals surface area (Å²) in [7, 11) is 1.66. The van der Waals surface area contributed by atoms with E-state index in [2.05, 4.69) is 54.6 Å². The molecule has 4 rings (SSSR count). The molecule has 136 valence electrons. The van der Waals surface area contributed by atoms with Crippen LogP contribution in [0.25, 0.3) is 22.1 Å². The Bertz CT molecular complexity index is 1000. The largest absolute Gasteiger partial charge is 0.493 e. The van der Waals surface area contributed by atoms with E-state index in [1.807, 2.05) is 18.2 Å². The minimum Gasteiger partial charge on any atom is -0.493 e. The second-order valence-corrected chi connectivity index (χ2v) is 6.46. The number of furan rings is 1. The van der Waals surface area contributed by atoms with Crippen LogP contribution in [0.5, 0.6) is 5.75 Å². The molecule has 3 aromatic carbocycles. The Kier molecular flexibility index (Phi) is 5.22. The van der Waals surface area contributed by atoms with Crippen molar-refractivity contribution in [3.8, 4) is 16.9 Å². The molecule has 0 bridgehead atoms. The van der Waals surface area contributed by atoms with E-state index in [1.54, 1.807) is 13.4 Å². The monoisotopic (exact) mass is 358 g/mol. The third kappa shape index (κ3) is 3.88. The van der Waals surface area contributed by atoms with Gasteiger partial charge in [0.15, 0.2) is 11.3 Å². The second kappa shape index (κ2) is 8.11. The zero-order valence-electron chi connectivity index (χ0n) is 15.4. The summed E-state index contributed by atoms with van der Waals surface area (Å²) in [6, 6.07) is 24.9. The standard InChI is InChI=1S/C24H22O3/c1-25-23-9-5-8-22-21(17-27-24(22)23)14-15-26-16-18-10-12-20(13-11-18)19-6-3-2-4-7-19/h2-13,17H,14-16H2,1H3. The van der Waals surface area contributed by atoms with E-state index < -0.39 is 0 Å². The first kappa shape index (κ1) is 17.4. The van der Waals surface area contributed by atoms with Crippen molar-refractivity contribution < 1.29 is 13.9 Å². The van der Waals surface area contributed by atoms with Crippen molar-refractivity contribution in [3.05, 3.63) is 90.2 Å². The van der Waals surface area contributed by atoms with Crippen LogP contribution < -0.4 is 4.74 Å². The molecule has 3 heteroatoms. The van der Waals surface area contributed by atoms with Crippen molar-refractivity contribution in [3.63, 3.8) is 0 Å². The second-order valence-electron chi connectivity index (χ2n) is 6.46. The van der Waals surface area contributed by atoms with E-state index >= 15 is 0 Å². The van der Waals surface area contributed by atoms with Crippen LogP contribution in [0, 0.1) is 0 Å². The predicted octanol–water partition coefficient (Wildman–Crippen LogP) is 5.87. The van der Waals surface area contributed by atoms with Gasteiger partial charge in [0.1, 0.15) is 0 Å². The summed E-state index contributed by atoms with van der Waals surface area (Å²) in [6.07, 6.45) is 2.60. The zero-order valence-corrected chi connectivity index (χ0v) is 15.4. The van der Waals surface area contributed by atoms with Gasteiger partial charge in [-0.05, 0) is 29.2 Å². The molecule has 0 fully saturated rings. The molecule has 1 heterocycles. The minimum atomic E-state index is 0.605. The number of methoxy groups -OCH3 is 1. The number of benzene rings is 3. The highest BCUT2D eigenvalue weighted by Crippen LogP contribution is 2.29. The topological polar surface area (TPSA) is 31.6 Å². The van der Waals surface area contributed by atoms with E-state index in [0.29, 0.717) is 13.2 Å². The van der Waals surface area contributed by atoms with Gasteiger partial charge in [-0.3, -0.25) is 0 Å². The highest BCUT2D eigenvalue weighted by molar-refractivity contribution is 5.86. The van der Waals surface area contributed by atoms with Gasteiger partial charge >= 0.3 is 0 Å². The molecule has 3 nitrogen and oxygen atoms in total. The Balaban J connectivity index is 1.33. The maximum Gasteiger partial charge on any atom is 0.175 e. The van der Waals surface area contributed by atoms with Crippen molar-refractivity contribution in [2.45, 2.75) is 13.0 Å². The average molecular weight is 358 g/mol. The maximum absolute atomic E-state index is 5.87. The molecule has 4 aromatic rings. The van der Waals surface area contributed by atoms with Gasteiger partial charge in [0, 0.05) is 10.9 Å². The van der Waals surface area contributed by atoms with Gasteiger partial charge in [0.2, 0.25) is 0 Å². The molecular weight excluding hydrogens is 336 g/mol. The van der Waals surface area contributed by atoms with Crippen LogP contribution in [0.3, 0.4) is 0 Å². The summed E-state index contributed by atoms with van der Waals surface area (Å²) in [6.45, 7) is 1.25. The third-order valence-electron chi connectivity index (χ3n) is 4.71. The molecule has 0 spiro atoms. The Hall–Kier alpha value is -3.04. The SMILES string of the molecule is COc1cccc2c(CCOCc3ccc(-c4ccccc4)cc3)coc12. The fourth-order valence-corrected chi connectivity index (χ4v) is 3.23. The van der Waals surface area contributed by atoms with Gasteiger partial charge in [-0.25, -0.2) is 0 Å². The number of fused-ring (bicyclic) bond motifs is 1. The summed E-state index contributed by atoms with van der Waals surface area (Å²) >= 11 is 0. The van der Waals surface area contributed by atoms with Gasteiger partial charge in [-0.1, -0.05) is 66.7 Å². The van der Waals surface area contributed by atoms with Gasteiger partial charge in [0.25, 0.3) is 0 Å². The summed E-state index contributed by atoms with van der Waals surface area (Å²) in [5.41, 5.74) is 5.56. The molecule has 0 aliphatic carbocycles. The number of ether oxygens (including phenoxy) is 2. The molecule has 0 unspecified atom stereocenters. The lowest BCUT2D eigenvalue weighted by Gasteiger charge is -2.06. The Morgan fingerprint density at radius 1 is 0.815 bits per heavy atom. The van der Waals surface area contributed by atoms with Crippen LogP contribution in [0.2, 0.25) is 0 Å². The fourth-order valence-electron chi connectivity index (χ4n) is 3.23. The average Bonchev–Trinajstić information content (AvgIpc) is 3.15. The molecule has 0 atom stereocenters. The van der Waals surface area contributed by atoms with Gasteiger partial charge < -0.3 is 13.9 Å². The zero-order chi connectivity index (χ0) is 18.5. The molecule has 27 heavy (non-hydrogen) atoms. The fraction of sp³-hybridized carbons (Fsp3) is 0.167. The summed E-state index contributed by atoms with van der Waals surface area (Å²) in [5, 5.41) is 1.09. The highest BCUT2D eigenvalue weighted by atomic mass is 16.5. The number of hydrogen-bond donors (Lipinski definition) is 0. The first-order chi connectivity index (χ1) is 13.3. The summed E-state index contributed by atoms with van der Waals surface area (Å²) < 4.78 is 16.9. The van der Waals surface area contributed by atoms with Gasteiger partial charge in [-0.2, -0.15) is 0 Å². The molecule has 0 saturated heterocycles. The number of rotatable bonds is 7. The molecular formula is C24H22O3. The van der Waals surface area contributed by atoms with E-state index in [-0.39, 0.29) is 0 Å².